The van der Waals surface area contributed by atoms with Crippen LogP contribution in [0.15, 0.2) is 30.3 Å². The lowest BCUT2D eigenvalue weighted by Gasteiger charge is -2.36. The van der Waals surface area contributed by atoms with Crippen LogP contribution in [0.3, 0.4) is 0 Å². The molecular weight excluding hydrogens is 316 g/mol. The molecule has 1 aliphatic heterocycles. The molecule has 1 saturated carbocycles. The third kappa shape index (κ3) is 4.82. The second-order valence-corrected chi connectivity index (χ2v) is 7.47. The number of carbonyl (C=O) groups excluding carboxylic acids is 2. The number of piperidine rings is 1. The van der Waals surface area contributed by atoms with Crippen molar-refractivity contribution in [2.45, 2.75) is 57.0 Å². The summed E-state index contributed by atoms with van der Waals surface area (Å²) < 4.78 is 0. The van der Waals surface area contributed by atoms with Crippen molar-refractivity contribution in [2.24, 2.45) is 5.92 Å². The van der Waals surface area contributed by atoms with Gasteiger partial charge in [-0.3, -0.25) is 9.59 Å². The zero-order valence-electron chi connectivity index (χ0n) is 14.7. The summed E-state index contributed by atoms with van der Waals surface area (Å²) in [5, 5.41) is 13.5. The van der Waals surface area contributed by atoms with Gasteiger partial charge in [-0.15, -0.1) is 0 Å². The molecule has 136 valence electrons. The molecule has 3 rings (SSSR count). The molecule has 0 spiro atoms. The first-order valence-corrected chi connectivity index (χ1v) is 9.42. The zero-order valence-corrected chi connectivity index (χ0v) is 14.7. The Kier molecular flexibility index (Phi) is 5.74. The highest BCUT2D eigenvalue weighted by atomic mass is 16.3. The number of amides is 2. The van der Waals surface area contributed by atoms with Crippen molar-refractivity contribution >= 4 is 17.5 Å². The molecule has 5 heteroatoms. The van der Waals surface area contributed by atoms with Gasteiger partial charge in [0.2, 0.25) is 11.8 Å². The van der Waals surface area contributed by atoms with Gasteiger partial charge in [0.15, 0.2) is 0 Å². The molecule has 5 nitrogen and oxygen atoms in total. The van der Waals surface area contributed by atoms with Crippen LogP contribution in [0.25, 0.3) is 0 Å². The van der Waals surface area contributed by atoms with Crippen LogP contribution >= 0.6 is 0 Å². The Hall–Kier alpha value is -1.88. The van der Waals surface area contributed by atoms with Gasteiger partial charge in [0.05, 0.1) is 12.0 Å². The first kappa shape index (κ1) is 17.9. The van der Waals surface area contributed by atoms with E-state index in [-0.39, 0.29) is 24.2 Å². The maximum atomic E-state index is 12.5. The smallest absolute Gasteiger partial charge is 0.227 e. The van der Waals surface area contributed by atoms with Gasteiger partial charge in [0.1, 0.15) is 0 Å². The number of hydrogen-bond donors (Lipinski definition) is 2. The third-order valence-electron chi connectivity index (χ3n) is 5.52. The van der Waals surface area contributed by atoms with Crippen LogP contribution in [-0.4, -0.2) is 40.5 Å². The van der Waals surface area contributed by atoms with Gasteiger partial charge >= 0.3 is 0 Å². The van der Waals surface area contributed by atoms with E-state index in [0.717, 1.165) is 37.8 Å². The Bertz CT molecular complexity index is 588. The van der Waals surface area contributed by atoms with Gasteiger partial charge in [0, 0.05) is 24.7 Å². The Morgan fingerprint density at radius 2 is 1.72 bits per heavy atom. The number of aliphatic hydroxyl groups is 1. The topological polar surface area (TPSA) is 69.6 Å². The van der Waals surface area contributed by atoms with Gasteiger partial charge < -0.3 is 15.3 Å². The quantitative estimate of drug-likeness (QED) is 0.882. The monoisotopic (exact) mass is 344 g/mol. The molecule has 0 aromatic heterocycles. The Morgan fingerprint density at radius 3 is 2.36 bits per heavy atom. The minimum absolute atomic E-state index is 0.0317. The number of anilines is 1. The average molecular weight is 344 g/mol. The Morgan fingerprint density at radius 1 is 1.08 bits per heavy atom. The van der Waals surface area contributed by atoms with Gasteiger partial charge in [0.25, 0.3) is 0 Å². The first-order valence-electron chi connectivity index (χ1n) is 9.42. The van der Waals surface area contributed by atoms with Crippen molar-refractivity contribution in [3.63, 3.8) is 0 Å². The normalized spacial score (nSPS) is 20.9. The molecule has 2 aliphatic rings. The predicted octanol–water partition coefficient (Wildman–Crippen LogP) is 2.95. The van der Waals surface area contributed by atoms with Crippen LogP contribution < -0.4 is 5.32 Å². The Labute approximate surface area is 149 Å². The van der Waals surface area contributed by atoms with E-state index in [1.54, 1.807) is 0 Å². The van der Waals surface area contributed by atoms with E-state index in [2.05, 4.69) is 5.32 Å². The lowest BCUT2D eigenvalue weighted by molar-refractivity contribution is -0.140. The lowest BCUT2D eigenvalue weighted by atomic mass is 9.82. The molecule has 0 atom stereocenters. The van der Waals surface area contributed by atoms with Crippen LogP contribution in [-0.2, 0) is 9.59 Å². The minimum Gasteiger partial charge on any atom is -0.389 e. The highest BCUT2D eigenvalue weighted by Crippen LogP contribution is 2.32. The highest BCUT2D eigenvalue weighted by molar-refractivity contribution is 5.92. The van der Waals surface area contributed by atoms with Gasteiger partial charge in [-0.1, -0.05) is 37.5 Å². The second-order valence-electron chi connectivity index (χ2n) is 7.47. The van der Waals surface area contributed by atoms with Crippen molar-refractivity contribution in [3.8, 4) is 0 Å². The molecule has 25 heavy (non-hydrogen) atoms. The summed E-state index contributed by atoms with van der Waals surface area (Å²) >= 11 is 0. The molecule has 0 bridgehead atoms. The molecule has 2 fully saturated rings. The predicted molar refractivity (Wildman–Crippen MR) is 97.0 cm³/mol. The maximum Gasteiger partial charge on any atom is 0.227 e. The van der Waals surface area contributed by atoms with E-state index in [1.807, 2.05) is 35.2 Å². The van der Waals surface area contributed by atoms with Crippen molar-refractivity contribution in [1.82, 2.24) is 4.90 Å². The summed E-state index contributed by atoms with van der Waals surface area (Å²) in [5.74, 6) is 0.0116. The number of nitrogens with one attached hydrogen (secondary N) is 1. The van der Waals surface area contributed by atoms with Crippen LogP contribution in [0.5, 0.6) is 0 Å². The van der Waals surface area contributed by atoms with Gasteiger partial charge in [-0.2, -0.15) is 0 Å². The number of para-hydroxylation sites is 1. The number of benzene rings is 1. The number of likely N-dealkylation sites (tertiary alicyclic amines) is 1. The maximum absolute atomic E-state index is 12.5. The summed E-state index contributed by atoms with van der Waals surface area (Å²) in [6.07, 6.45) is 6.22. The summed E-state index contributed by atoms with van der Waals surface area (Å²) in [7, 11) is 0. The van der Waals surface area contributed by atoms with Gasteiger partial charge in [-0.05, 0) is 37.8 Å². The molecule has 1 aromatic rings. The molecular formula is C20H28N2O3. The largest absolute Gasteiger partial charge is 0.389 e. The molecule has 1 aliphatic carbocycles. The molecule has 0 radical (unpaired) electrons. The molecule has 1 heterocycles. The summed E-state index contributed by atoms with van der Waals surface area (Å²) in [5.41, 5.74) is 0.00201. The molecule has 0 unspecified atom stereocenters. The van der Waals surface area contributed by atoms with E-state index in [1.165, 1.54) is 0 Å². The first-order chi connectivity index (χ1) is 12.1. The fourth-order valence-corrected chi connectivity index (χ4v) is 3.94. The molecule has 1 aromatic carbocycles. The average Bonchev–Trinajstić information content (AvgIpc) is 2.63. The minimum atomic E-state index is -0.809. The molecule has 2 amide bonds. The lowest BCUT2D eigenvalue weighted by Crippen LogP contribution is -2.45. The van der Waals surface area contributed by atoms with E-state index in [9.17, 15) is 14.7 Å². The zero-order chi connectivity index (χ0) is 17.7. The summed E-state index contributed by atoms with van der Waals surface area (Å²) in [6.45, 7) is 1.20. The molecule has 1 saturated heterocycles. The standard InChI is InChI=1S/C20H28N2O3/c23-18(15-20(25)11-5-2-6-12-20)22-13-9-16(10-14-22)19(24)21-17-7-3-1-4-8-17/h1,3-4,7-8,16,25H,2,5-6,9-15H2,(H,21,24). The summed E-state index contributed by atoms with van der Waals surface area (Å²) in [6, 6.07) is 9.46. The SMILES string of the molecule is O=C(Nc1ccccc1)C1CCN(C(=O)CC2(O)CCCCC2)CC1. The van der Waals surface area contributed by atoms with Crippen molar-refractivity contribution in [2.75, 3.05) is 18.4 Å². The second kappa shape index (κ2) is 8.00. The van der Waals surface area contributed by atoms with E-state index in [4.69, 9.17) is 0 Å². The van der Waals surface area contributed by atoms with Crippen molar-refractivity contribution < 1.29 is 14.7 Å². The van der Waals surface area contributed by atoms with Crippen LogP contribution in [0.4, 0.5) is 5.69 Å². The number of carbonyl (C=O) groups is 2. The molecule has 2 N–H and O–H groups in total. The van der Waals surface area contributed by atoms with Crippen LogP contribution in [0, 0.1) is 5.92 Å². The van der Waals surface area contributed by atoms with E-state index in [0.29, 0.717) is 25.9 Å². The van der Waals surface area contributed by atoms with Crippen LogP contribution in [0.1, 0.15) is 51.4 Å². The highest BCUT2D eigenvalue weighted by Gasteiger charge is 2.35. The van der Waals surface area contributed by atoms with E-state index >= 15 is 0 Å². The van der Waals surface area contributed by atoms with E-state index < -0.39 is 5.60 Å². The van der Waals surface area contributed by atoms with Crippen LogP contribution in [0.2, 0.25) is 0 Å². The number of hydrogen-bond acceptors (Lipinski definition) is 3. The third-order valence-corrected chi connectivity index (χ3v) is 5.52. The van der Waals surface area contributed by atoms with Crippen molar-refractivity contribution in [1.29, 1.82) is 0 Å². The fraction of sp³-hybridized carbons (Fsp3) is 0.600. The summed E-state index contributed by atoms with van der Waals surface area (Å²) in [4.78, 5) is 26.7. The number of nitrogens with zero attached hydrogens (tertiary/aromatic N) is 1. The van der Waals surface area contributed by atoms with Gasteiger partial charge in [-0.25, -0.2) is 0 Å². The Balaban J connectivity index is 1.46. The van der Waals surface area contributed by atoms with Crippen molar-refractivity contribution in [3.05, 3.63) is 30.3 Å². The number of rotatable bonds is 4. The fourth-order valence-electron chi connectivity index (χ4n) is 3.94.